The quantitative estimate of drug-likeness (QED) is 0.438. The van der Waals surface area contributed by atoms with Crippen molar-refractivity contribution in [1.82, 2.24) is 20.4 Å². The highest BCUT2D eigenvalue weighted by atomic mass is 16.5. The Morgan fingerprint density at radius 1 is 1.06 bits per heavy atom. The summed E-state index contributed by atoms with van der Waals surface area (Å²) in [5, 5.41) is 10.9. The highest BCUT2D eigenvalue weighted by Gasteiger charge is 2.25. The number of hydrogen-bond acceptors (Lipinski definition) is 5. The fourth-order valence-electron chi connectivity index (χ4n) is 4.92. The molecule has 198 valence electrons. The Bertz CT molecular complexity index is 1000. The van der Waals surface area contributed by atoms with Crippen molar-refractivity contribution in [3.63, 3.8) is 0 Å². The average Bonchev–Trinajstić information content (AvgIpc) is 3.47. The van der Waals surface area contributed by atoms with Crippen LogP contribution in [0.25, 0.3) is 11.3 Å². The first-order chi connectivity index (χ1) is 17.2. The van der Waals surface area contributed by atoms with Gasteiger partial charge in [0, 0.05) is 25.0 Å². The molecule has 1 aromatic heterocycles. The third-order valence-corrected chi connectivity index (χ3v) is 6.48. The first kappa shape index (κ1) is 27.6. The van der Waals surface area contributed by atoms with E-state index in [4.69, 9.17) is 9.47 Å². The molecule has 1 aliphatic rings. The van der Waals surface area contributed by atoms with Crippen molar-refractivity contribution in [2.24, 2.45) is 11.8 Å². The van der Waals surface area contributed by atoms with Crippen LogP contribution in [0.2, 0.25) is 0 Å². The van der Waals surface area contributed by atoms with Crippen LogP contribution in [0.3, 0.4) is 0 Å². The van der Waals surface area contributed by atoms with Crippen molar-refractivity contribution in [3.05, 3.63) is 30.0 Å². The normalized spacial score (nSPS) is 14.8. The molecule has 0 spiro atoms. The van der Waals surface area contributed by atoms with Crippen molar-refractivity contribution >= 4 is 11.8 Å². The molecule has 0 bridgehead atoms. The Kier molecular flexibility index (Phi) is 9.79. The summed E-state index contributed by atoms with van der Waals surface area (Å²) >= 11 is 0. The summed E-state index contributed by atoms with van der Waals surface area (Å²) in [7, 11) is 3.23. The second-order valence-electron chi connectivity index (χ2n) is 10.6. The first-order valence-corrected chi connectivity index (χ1v) is 13.1. The summed E-state index contributed by atoms with van der Waals surface area (Å²) < 4.78 is 13.1. The monoisotopic (exact) mass is 498 g/mol. The van der Waals surface area contributed by atoms with Crippen LogP contribution in [0.5, 0.6) is 11.5 Å². The van der Waals surface area contributed by atoms with Gasteiger partial charge < -0.3 is 20.1 Å². The first-order valence-electron chi connectivity index (χ1n) is 13.1. The van der Waals surface area contributed by atoms with E-state index in [-0.39, 0.29) is 30.3 Å². The van der Waals surface area contributed by atoms with E-state index >= 15 is 0 Å². The highest BCUT2D eigenvalue weighted by molar-refractivity contribution is 5.94. The van der Waals surface area contributed by atoms with Gasteiger partial charge in [0.05, 0.1) is 25.5 Å². The molecule has 8 nitrogen and oxygen atoms in total. The Labute approximate surface area is 215 Å². The Morgan fingerprint density at radius 3 is 2.25 bits per heavy atom. The van der Waals surface area contributed by atoms with E-state index in [1.54, 1.807) is 20.3 Å². The molecule has 1 aromatic carbocycles. The maximum absolute atomic E-state index is 13.4. The van der Waals surface area contributed by atoms with Crippen molar-refractivity contribution in [2.45, 2.75) is 84.8 Å². The minimum atomic E-state index is -0.285. The lowest BCUT2D eigenvalue weighted by Crippen LogP contribution is -2.42. The van der Waals surface area contributed by atoms with Crippen molar-refractivity contribution in [1.29, 1.82) is 0 Å². The van der Waals surface area contributed by atoms with Gasteiger partial charge in [-0.15, -0.1) is 0 Å². The second kappa shape index (κ2) is 12.8. The van der Waals surface area contributed by atoms with E-state index in [1.807, 2.05) is 22.9 Å². The number of ether oxygens (including phenoxy) is 2. The van der Waals surface area contributed by atoms with Gasteiger partial charge in [0.1, 0.15) is 11.5 Å². The van der Waals surface area contributed by atoms with Gasteiger partial charge in [0.25, 0.3) is 5.91 Å². The van der Waals surface area contributed by atoms with Gasteiger partial charge in [-0.2, -0.15) is 5.10 Å². The number of benzene rings is 1. The average molecular weight is 499 g/mol. The molecule has 2 N–H and O–H groups in total. The van der Waals surface area contributed by atoms with Crippen molar-refractivity contribution in [2.75, 3.05) is 14.2 Å². The predicted octanol–water partition coefficient (Wildman–Crippen LogP) is 4.82. The van der Waals surface area contributed by atoms with Gasteiger partial charge >= 0.3 is 0 Å². The van der Waals surface area contributed by atoms with E-state index in [0.717, 1.165) is 36.9 Å². The predicted molar refractivity (Wildman–Crippen MR) is 141 cm³/mol. The second-order valence-corrected chi connectivity index (χ2v) is 10.6. The van der Waals surface area contributed by atoms with Gasteiger partial charge in [0.15, 0.2) is 5.69 Å². The summed E-state index contributed by atoms with van der Waals surface area (Å²) in [5.41, 5.74) is 1.82. The van der Waals surface area contributed by atoms with Crippen LogP contribution in [0, 0.1) is 11.8 Å². The maximum Gasteiger partial charge on any atom is 0.272 e. The van der Waals surface area contributed by atoms with Crippen LogP contribution in [-0.2, 0) is 11.3 Å². The molecule has 2 amide bonds. The van der Waals surface area contributed by atoms with E-state index in [1.165, 1.54) is 0 Å². The molecule has 1 unspecified atom stereocenters. The van der Waals surface area contributed by atoms with Gasteiger partial charge in [0.2, 0.25) is 5.91 Å². The van der Waals surface area contributed by atoms with E-state index in [2.05, 4.69) is 43.4 Å². The number of aromatic nitrogens is 2. The summed E-state index contributed by atoms with van der Waals surface area (Å²) in [6.45, 7) is 9.02. The number of amides is 2. The Balaban J connectivity index is 1.85. The molecule has 1 fully saturated rings. The summed E-state index contributed by atoms with van der Waals surface area (Å²) in [6.07, 6.45) is 5.37. The molecule has 0 aliphatic heterocycles. The molecule has 36 heavy (non-hydrogen) atoms. The number of carbonyl (C=O) groups is 2. The molecule has 3 rings (SSSR count). The molecule has 0 saturated heterocycles. The zero-order valence-corrected chi connectivity index (χ0v) is 22.6. The Hall–Kier alpha value is -3.03. The largest absolute Gasteiger partial charge is 0.496 e. The van der Waals surface area contributed by atoms with Gasteiger partial charge in [-0.25, -0.2) is 0 Å². The van der Waals surface area contributed by atoms with Crippen molar-refractivity contribution < 1.29 is 19.1 Å². The molecular weight excluding hydrogens is 456 g/mol. The SMILES string of the molecule is COc1cccc(OC)c1-c1cc(C(=O)NC(CC(=O)NC2CCCC2)CC(C)C)nn1CC(C)C. The topological polar surface area (TPSA) is 94.5 Å². The van der Waals surface area contributed by atoms with Gasteiger partial charge in [-0.1, -0.05) is 46.6 Å². The molecule has 1 aliphatic carbocycles. The highest BCUT2D eigenvalue weighted by Crippen LogP contribution is 2.38. The molecular formula is C28H42N4O4. The summed E-state index contributed by atoms with van der Waals surface area (Å²) in [6, 6.07) is 7.38. The van der Waals surface area contributed by atoms with Crippen molar-refractivity contribution in [3.8, 4) is 22.8 Å². The molecule has 1 atom stereocenters. The van der Waals surface area contributed by atoms with Crippen LogP contribution in [-0.4, -0.2) is 47.9 Å². The van der Waals surface area contributed by atoms with Crippen LogP contribution in [0.4, 0.5) is 0 Å². The Morgan fingerprint density at radius 2 is 1.69 bits per heavy atom. The lowest BCUT2D eigenvalue weighted by atomic mass is 10.00. The number of nitrogens with one attached hydrogen (secondary N) is 2. The van der Waals surface area contributed by atoms with Crippen LogP contribution in [0.1, 0.15) is 76.7 Å². The minimum absolute atomic E-state index is 0.00219. The van der Waals surface area contributed by atoms with Crippen LogP contribution >= 0.6 is 0 Å². The maximum atomic E-state index is 13.4. The number of rotatable bonds is 12. The minimum Gasteiger partial charge on any atom is -0.496 e. The lowest BCUT2D eigenvalue weighted by molar-refractivity contribution is -0.122. The molecule has 0 radical (unpaired) electrons. The third kappa shape index (κ3) is 7.24. The number of nitrogens with zero attached hydrogens (tertiary/aromatic N) is 2. The fourth-order valence-corrected chi connectivity index (χ4v) is 4.92. The molecule has 1 saturated carbocycles. The third-order valence-electron chi connectivity index (χ3n) is 6.48. The fraction of sp³-hybridized carbons (Fsp3) is 0.607. The number of carbonyl (C=O) groups excluding carboxylic acids is 2. The number of hydrogen-bond donors (Lipinski definition) is 2. The lowest BCUT2D eigenvalue weighted by Gasteiger charge is -2.21. The summed E-state index contributed by atoms with van der Waals surface area (Å²) in [4.78, 5) is 26.1. The molecule has 8 heteroatoms. The van der Waals surface area contributed by atoms with Crippen LogP contribution < -0.4 is 20.1 Å². The molecule has 1 heterocycles. The summed E-state index contributed by atoms with van der Waals surface area (Å²) in [5.74, 6) is 1.65. The van der Waals surface area contributed by atoms with Gasteiger partial charge in [-0.3, -0.25) is 14.3 Å². The zero-order valence-electron chi connectivity index (χ0n) is 22.6. The zero-order chi connectivity index (χ0) is 26.2. The smallest absolute Gasteiger partial charge is 0.272 e. The number of methoxy groups -OCH3 is 2. The molecule has 2 aromatic rings. The van der Waals surface area contributed by atoms with E-state index in [0.29, 0.717) is 42.0 Å². The van der Waals surface area contributed by atoms with E-state index < -0.39 is 0 Å². The standard InChI is InChI=1S/C28H42N4O4/c1-18(2)14-21(15-26(33)29-20-10-7-8-11-20)30-28(34)22-16-23(32(31-22)17-19(3)4)27-24(35-5)12-9-13-25(27)36-6/h9,12-13,16,18-21H,7-8,10-11,14-15,17H2,1-6H3,(H,29,33)(H,30,34). The van der Waals surface area contributed by atoms with Crippen LogP contribution in [0.15, 0.2) is 24.3 Å². The van der Waals surface area contributed by atoms with E-state index in [9.17, 15) is 9.59 Å². The van der Waals surface area contributed by atoms with Gasteiger partial charge in [-0.05, 0) is 49.3 Å².